The Bertz CT molecular complexity index is 720. The Labute approximate surface area is 150 Å². The summed E-state index contributed by atoms with van der Waals surface area (Å²) in [6.45, 7) is -2.39. The summed E-state index contributed by atoms with van der Waals surface area (Å²) in [5.74, 6) is 1.18. The third-order valence-corrected chi connectivity index (χ3v) is 3.70. The van der Waals surface area contributed by atoms with Crippen LogP contribution in [0.3, 0.4) is 0 Å². The Balaban J connectivity index is 1.80. The fourth-order valence-electron chi connectivity index (χ4n) is 2.42. The van der Waals surface area contributed by atoms with Crippen LogP contribution in [0.1, 0.15) is 11.1 Å². The molecule has 0 aromatic heterocycles. The summed E-state index contributed by atoms with van der Waals surface area (Å²) in [4.78, 5) is 12.0. The third kappa shape index (κ3) is 5.91. The Morgan fingerprint density at radius 3 is 2.27 bits per heavy atom. The molecule has 0 aliphatic carbocycles. The molecule has 0 unspecified atom stereocenters. The van der Waals surface area contributed by atoms with Gasteiger partial charge in [-0.15, -0.1) is 0 Å². The Hall–Kier alpha value is -2.83. The van der Waals surface area contributed by atoms with E-state index in [0.29, 0.717) is 24.5 Å². The maximum Gasteiger partial charge on any atom is 0.387 e. The molecule has 2 aromatic rings. The van der Waals surface area contributed by atoms with Gasteiger partial charge in [0.1, 0.15) is 5.75 Å². The van der Waals surface area contributed by atoms with E-state index in [2.05, 4.69) is 10.1 Å². The van der Waals surface area contributed by atoms with Crippen LogP contribution in [0.2, 0.25) is 0 Å². The number of amides is 1. The second-order valence-electron chi connectivity index (χ2n) is 5.49. The first-order valence-corrected chi connectivity index (χ1v) is 8.03. The predicted molar refractivity (Wildman–Crippen MR) is 93.0 cm³/mol. The highest BCUT2D eigenvalue weighted by Gasteiger charge is 2.08. The Kier molecular flexibility index (Phi) is 7.20. The molecule has 2 rings (SSSR count). The van der Waals surface area contributed by atoms with Crippen LogP contribution in [0.15, 0.2) is 42.5 Å². The van der Waals surface area contributed by atoms with Crippen LogP contribution in [0.25, 0.3) is 0 Å². The van der Waals surface area contributed by atoms with Crippen LogP contribution >= 0.6 is 0 Å². The van der Waals surface area contributed by atoms with E-state index in [-0.39, 0.29) is 18.1 Å². The Morgan fingerprint density at radius 1 is 1.00 bits per heavy atom. The van der Waals surface area contributed by atoms with E-state index in [0.717, 1.165) is 11.1 Å². The number of ether oxygens (including phenoxy) is 3. The quantitative estimate of drug-likeness (QED) is 0.741. The van der Waals surface area contributed by atoms with Gasteiger partial charge in [-0.3, -0.25) is 4.79 Å². The minimum atomic E-state index is -2.84. The highest BCUT2D eigenvalue weighted by Crippen LogP contribution is 2.27. The van der Waals surface area contributed by atoms with Crippen LogP contribution < -0.4 is 19.5 Å². The Morgan fingerprint density at radius 2 is 1.65 bits per heavy atom. The molecule has 0 fully saturated rings. The number of benzene rings is 2. The first-order valence-electron chi connectivity index (χ1n) is 8.03. The maximum atomic E-state index is 12.1. The van der Waals surface area contributed by atoms with Crippen molar-refractivity contribution < 1.29 is 27.8 Å². The summed E-state index contributed by atoms with van der Waals surface area (Å²) < 4.78 is 38.9. The fourth-order valence-corrected chi connectivity index (χ4v) is 2.42. The van der Waals surface area contributed by atoms with E-state index >= 15 is 0 Å². The first kappa shape index (κ1) is 19.5. The van der Waals surface area contributed by atoms with Crippen molar-refractivity contribution >= 4 is 5.91 Å². The molecular weight excluding hydrogens is 344 g/mol. The van der Waals surface area contributed by atoms with Crippen molar-refractivity contribution in [3.05, 3.63) is 53.6 Å². The van der Waals surface area contributed by atoms with E-state index in [9.17, 15) is 13.6 Å². The number of rotatable bonds is 9. The number of hydrogen-bond acceptors (Lipinski definition) is 4. The molecule has 140 valence electrons. The van der Waals surface area contributed by atoms with Crippen molar-refractivity contribution in [2.45, 2.75) is 19.5 Å². The van der Waals surface area contributed by atoms with Crippen molar-refractivity contribution in [1.29, 1.82) is 0 Å². The van der Waals surface area contributed by atoms with Gasteiger partial charge >= 0.3 is 6.61 Å². The van der Waals surface area contributed by atoms with Crippen LogP contribution in [-0.2, 0) is 17.6 Å². The molecule has 0 saturated carbocycles. The zero-order valence-electron chi connectivity index (χ0n) is 14.6. The van der Waals surface area contributed by atoms with E-state index in [4.69, 9.17) is 9.47 Å². The molecule has 0 radical (unpaired) electrons. The van der Waals surface area contributed by atoms with Gasteiger partial charge < -0.3 is 19.5 Å². The standard InChI is InChI=1S/C19H21F2NO4/c1-24-16-8-5-14(11-17(16)25-2)12-18(23)22-10-9-13-3-6-15(7-4-13)26-19(20)21/h3-8,11,19H,9-10,12H2,1-2H3,(H,22,23). The minimum Gasteiger partial charge on any atom is -0.493 e. The average Bonchev–Trinajstić information content (AvgIpc) is 2.62. The summed E-state index contributed by atoms with van der Waals surface area (Å²) in [6, 6.07) is 11.7. The highest BCUT2D eigenvalue weighted by atomic mass is 19.3. The van der Waals surface area contributed by atoms with E-state index in [1.807, 2.05) is 6.07 Å². The molecule has 0 aliphatic heterocycles. The molecular formula is C19H21F2NO4. The van der Waals surface area contributed by atoms with Crippen molar-refractivity contribution in [1.82, 2.24) is 5.32 Å². The molecule has 0 saturated heterocycles. The molecule has 1 N–H and O–H groups in total. The highest BCUT2D eigenvalue weighted by molar-refractivity contribution is 5.78. The molecule has 0 heterocycles. The van der Waals surface area contributed by atoms with Gasteiger partial charge in [-0.2, -0.15) is 8.78 Å². The summed E-state index contributed by atoms with van der Waals surface area (Å²) in [7, 11) is 3.09. The van der Waals surface area contributed by atoms with Crippen molar-refractivity contribution in [3.8, 4) is 17.2 Å². The first-order chi connectivity index (χ1) is 12.5. The molecule has 2 aromatic carbocycles. The van der Waals surface area contributed by atoms with Crippen LogP contribution in [-0.4, -0.2) is 33.3 Å². The second-order valence-corrected chi connectivity index (χ2v) is 5.49. The molecule has 0 aliphatic rings. The van der Waals surface area contributed by atoms with Crippen molar-refractivity contribution in [2.24, 2.45) is 0 Å². The number of carbonyl (C=O) groups excluding carboxylic acids is 1. The summed E-state index contributed by atoms with van der Waals surface area (Å²) >= 11 is 0. The lowest BCUT2D eigenvalue weighted by molar-refractivity contribution is -0.120. The van der Waals surface area contributed by atoms with Gasteiger partial charge in [0, 0.05) is 6.54 Å². The largest absolute Gasteiger partial charge is 0.493 e. The van der Waals surface area contributed by atoms with Gasteiger partial charge in [0.05, 0.1) is 20.6 Å². The zero-order chi connectivity index (χ0) is 18.9. The van der Waals surface area contributed by atoms with Crippen molar-refractivity contribution in [2.75, 3.05) is 20.8 Å². The lowest BCUT2D eigenvalue weighted by Gasteiger charge is -2.10. The van der Waals surface area contributed by atoms with E-state index in [1.165, 1.54) is 12.1 Å². The normalized spacial score (nSPS) is 10.5. The zero-order valence-corrected chi connectivity index (χ0v) is 14.6. The molecule has 5 nitrogen and oxygen atoms in total. The SMILES string of the molecule is COc1ccc(CC(=O)NCCc2ccc(OC(F)F)cc2)cc1OC. The lowest BCUT2D eigenvalue weighted by Crippen LogP contribution is -2.27. The maximum absolute atomic E-state index is 12.1. The smallest absolute Gasteiger partial charge is 0.387 e. The van der Waals surface area contributed by atoms with Gasteiger partial charge in [-0.05, 0) is 41.8 Å². The van der Waals surface area contributed by atoms with Gasteiger partial charge in [0.2, 0.25) is 5.91 Å². The number of alkyl halides is 2. The summed E-state index contributed by atoms with van der Waals surface area (Å²) in [5.41, 5.74) is 1.73. The van der Waals surface area contributed by atoms with Gasteiger partial charge in [0.25, 0.3) is 0 Å². The molecule has 0 spiro atoms. The average molecular weight is 365 g/mol. The van der Waals surface area contributed by atoms with Gasteiger partial charge in [0.15, 0.2) is 11.5 Å². The van der Waals surface area contributed by atoms with Crippen LogP contribution in [0.4, 0.5) is 8.78 Å². The second kappa shape index (κ2) is 9.60. The van der Waals surface area contributed by atoms with Crippen LogP contribution in [0, 0.1) is 0 Å². The lowest BCUT2D eigenvalue weighted by atomic mass is 10.1. The molecule has 26 heavy (non-hydrogen) atoms. The molecule has 0 atom stereocenters. The molecule has 7 heteroatoms. The van der Waals surface area contributed by atoms with Gasteiger partial charge in [-0.25, -0.2) is 0 Å². The number of methoxy groups -OCH3 is 2. The number of nitrogens with one attached hydrogen (secondary N) is 1. The number of carbonyl (C=O) groups is 1. The van der Waals surface area contributed by atoms with Crippen LogP contribution in [0.5, 0.6) is 17.2 Å². The number of hydrogen-bond donors (Lipinski definition) is 1. The molecule has 1 amide bonds. The molecule has 0 bridgehead atoms. The topological polar surface area (TPSA) is 56.8 Å². The fraction of sp³-hybridized carbons (Fsp3) is 0.316. The summed E-state index contributed by atoms with van der Waals surface area (Å²) in [5, 5.41) is 2.83. The monoisotopic (exact) mass is 365 g/mol. The number of halogens is 2. The minimum absolute atomic E-state index is 0.112. The predicted octanol–water partition coefficient (Wildman–Crippen LogP) is 3.21. The van der Waals surface area contributed by atoms with E-state index in [1.54, 1.807) is 38.5 Å². The van der Waals surface area contributed by atoms with E-state index < -0.39 is 6.61 Å². The van der Waals surface area contributed by atoms with Gasteiger partial charge in [-0.1, -0.05) is 18.2 Å². The van der Waals surface area contributed by atoms with Crippen molar-refractivity contribution in [3.63, 3.8) is 0 Å². The summed E-state index contributed by atoms with van der Waals surface area (Å²) in [6.07, 6.45) is 0.814. The third-order valence-electron chi connectivity index (χ3n) is 3.70.